The molecule has 2 aliphatic rings. The van der Waals surface area contributed by atoms with Crippen LogP contribution in [0.3, 0.4) is 0 Å². The van der Waals surface area contributed by atoms with Gasteiger partial charge in [-0.25, -0.2) is 9.18 Å². The van der Waals surface area contributed by atoms with Crippen molar-refractivity contribution in [3.05, 3.63) is 58.4 Å². The van der Waals surface area contributed by atoms with Crippen molar-refractivity contribution in [2.75, 3.05) is 7.11 Å². The van der Waals surface area contributed by atoms with E-state index in [0.29, 0.717) is 17.8 Å². The number of methoxy groups -OCH3 is 1. The second-order valence-electron chi connectivity index (χ2n) is 7.10. The van der Waals surface area contributed by atoms with Crippen LogP contribution in [0.1, 0.15) is 38.2 Å². The van der Waals surface area contributed by atoms with Crippen LogP contribution in [0.15, 0.2) is 47.1 Å². The van der Waals surface area contributed by atoms with Gasteiger partial charge in [0.15, 0.2) is 5.78 Å². The summed E-state index contributed by atoms with van der Waals surface area (Å²) in [4.78, 5) is 25.1. The number of carbonyl (C=O) groups excluding carboxylic acids is 2. The zero-order valence-corrected chi connectivity index (χ0v) is 14.4. The van der Waals surface area contributed by atoms with E-state index in [0.717, 1.165) is 0 Å². The number of esters is 1. The molecular weight excluding hydrogens is 325 g/mol. The van der Waals surface area contributed by atoms with Gasteiger partial charge >= 0.3 is 5.97 Å². The van der Waals surface area contributed by atoms with Crippen LogP contribution in [0.25, 0.3) is 0 Å². The summed E-state index contributed by atoms with van der Waals surface area (Å²) in [6.07, 6.45) is 0.767. The van der Waals surface area contributed by atoms with E-state index in [1.54, 1.807) is 18.2 Å². The number of ketones is 1. The topological polar surface area (TPSA) is 78.6 Å². The minimum atomic E-state index is -0.930. The van der Waals surface area contributed by atoms with Gasteiger partial charge < -0.3 is 15.2 Å². The lowest BCUT2D eigenvalue weighted by Crippen LogP contribution is -2.35. The van der Waals surface area contributed by atoms with Crippen molar-refractivity contribution in [3.8, 4) is 0 Å². The van der Waals surface area contributed by atoms with E-state index in [4.69, 9.17) is 15.2 Å². The van der Waals surface area contributed by atoms with Crippen LogP contribution in [0.2, 0.25) is 0 Å². The van der Waals surface area contributed by atoms with Crippen LogP contribution in [0.5, 0.6) is 0 Å². The molecule has 132 valence electrons. The lowest BCUT2D eigenvalue weighted by Gasteiger charge is -2.37. The summed E-state index contributed by atoms with van der Waals surface area (Å²) in [5.74, 6) is -2.11. The Morgan fingerprint density at radius 3 is 2.64 bits per heavy atom. The van der Waals surface area contributed by atoms with E-state index in [2.05, 4.69) is 0 Å². The number of hydrogen-bond acceptors (Lipinski definition) is 5. The van der Waals surface area contributed by atoms with Crippen LogP contribution in [0, 0.1) is 11.2 Å². The summed E-state index contributed by atoms with van der Waals surface area (Å²) >= 11 is 0. The number of ether oxygens (including phenoxy) is 2. The van der Waals surface area contributed by atoms with Gasteiger partial charge in [-0.2, -0.15) is 0 Å². The van der Waals surface area contributed by atoms with Gasteiger partial charge in [0.2, 0.25) is 5.88 Å². The Morgan fingerprint density at radius 2 is 2.00 bits per heavy atom. The van der Waals surface area contributed by atoms with Crippen LogP contribution in [-0.4, -0.2) is 18.9 Å². The Labute approximate surface area is 145 Å². The van der Waals surface area contributed by atoms with Crippen LogP contribution >= 0.6 is 0 Å². The molecule has 0 bridgehead atoms. The number of halogens is 1. The maximum Gasteiger partial charge on any atom is 0.340 e. The predicted octanol–water partition coefficient (Wildman–Crippen LogP) is 2.93. The van der Waals surface area contributed by atoms with Gasteiger partial charge in [0.1, 0.15) is 17.1 Å². The van der Waals surface area contributed by atoms with Gasteiger partial charge in [-0.15, -0.1) is 0 Å². The molecule has 3 rings (SSSR count). The molecule has 0 amide bonds. The molecule has 1 aliphatic heterocycles. The van der Waals surface area contributed by atoms with Gasteiger partial charge in [0.05, 0.1) is 13.0 Å². The first-order valence-electron chi connectivity index (χ1n) is 8.01. The summed E-state index contributed by atoms with van der Waals surface area (Å²) in [7, 11) is 1.21. The minimum absolute atomic E-state index is 0.0422. The quantitative estimate of drug-likeness (QED) is 0.834. The molecule has 0 saturated heterocycles. The molecular formula is C19H20FNO4. The molecule has 6 heteroatoms. The van der Waals surface area contributed by atoms with Crippen molar-refractivity contribution in [2.24, 2.45) is 11.1 Å². The molecule has 0 radical (unpaired) electrons. The lowest BCUT2D eigenvalue weighted by atomic mass is 9.70. The summed E-state index contributed by atoms with van der Waals surface area (Å²) in [6, 6.07) is 6.02. The molecule has 25 heavy (non-hydrogen) atoms. The number of rotatable bonds is 2. The predicted molar refractivity (Wildman–Crippen MR) is 88.5 cm³/mol. The Kier molecular flexibility index (Phi) is 4.14. The van der Waals surface area contributed by atoms with Crippen molar-refractivity contribution in [1.82, 2.24) is 0 Å². The van der Waals surface area contributed by atoms with E-state index in [1.165, 1.54) is 13.2 Å². The van der Waals surface area contributed by atoms with Crippen LogP contribution in [0.4, 0.5) is 4.39 Å². The highest BCUT2D eigenvalue weighted by molar-refractivity contribution is 6.03. The van der Waals surface area contributed by atoms with E-state index in [-0.39, 0.29) is 34.6 Å². The van der Waals surface area contributed by atoms with E-state index in [9.17, 15) is 14.0 Å². The van der Waals surface area contributed by atoms with Crippen LogP contribution in [-0.2, 0) is 19.1 Å². The molecule has 5 nitrogen and oxygen atoms in total. The molecule has 1 heterocycles. The standard InChI is InChI=1S/C19H20FNO4/c1-19(2)8-12(22)15-13(9-19)25-17(21)16(18(23)24-3)14(15)10-6-4-5-7-11(10)20/h4-7,14H,8-9,21H2,1-3H3/t14-/m1/s1. The number of Topliss-reactive ketones (excluding diaryl/α,β-unsaturated/α-hetero) is 1. The minimum Gasteiger partial charge on any atom is -0.465 e. The number of allylic oxidation sites excluding steroid dienone is 2. The fourth-order valence-corrected chi connectivity index (χ4v) is 3.51. The fourth-order valence-electron chi connectivity index (χ4n) is 3.51. The van der Waals surface area contributed by atoms with E-state index in [1.807, 2.05) is 13.8 Å². The third-order valence-electron chi connectivity index (χ3n) is 4.58. The number of nitrogens with two attached hydrogens (primary N) is 1. The summed E-state index contributed by atoms with van der Waals surface area (Å²) in [6.45, 7) is 3.90. The van der Waals surface area contributed by atoms with Gasteiger partial charge in [0.25, 0.3) is 0 Å². The molecule has 1 atom stereocenters. The molecule has 0 aromatic heterocycles. The smallest absolute Gasteiger partial charge is 0.340 e. The molecule has 0 unspecified atom stereocenters. The second-order valence-corrected chi connectivity index (χ2v) is 7.10. The lowest BCUT2D eigenvalue weighted by molar-refractivity contribution is -0.136. The highest BCUT2D eigenvalue weighted by Gasteiger charge is 2.45. The highest BCUT2D eigenvalue weighted by atomic mass is 19.1. The van der Waals surface area contributed by atoms with Crippen molar-refractivity contribution in [1.29, 1.82) is 0 Å². The van der Waals surface area contributed by atoms with Crippen LogP contribution < -0.4 is 5.73 Å². The van der Waals surface area contributed by atoms with Gasteiger partial charge in [0, 0.05) is 24.0 Å². The molecule has 1 aliphatic carbocycles. The Bertz CT molecular complexity index is 822. The first kappa shape index (κ1) is 17.2. The SMILES string of the molecule is COC(=O)C1=C(N)OC2=C(C(=O)CC(C)(C)C2)[C@H]1c1ccccc1F. The van der Waals surface area contributed by atoms with E-state index >= 15 is 0 Å². The number of hydrogen-bond donors (Lipinski definition) is 1. The molecule has 1 aromatic rings. The van der Waals surface area contributed by atoms with Crippen molar-refractivity contribution in [3.63, 3.8) is 0 Å². The van der Waals surface area contributed by atoms with Crippen molar-refractivity contribution < 1.29 is 23.5 Å². The zero-order valence-electron chi connectivity index (χ0n) is 14.4. The number of carbonyl (C=O) groups is 2. The van der Waals surface area contributed by atoms with Gasteiger partial charge in [-0.3, -0.25) is 4.79 Å². The highest BCUT2D eigenvalue weighted by Crippen LogP contribution is 2.48. The first-order chi connectivity index (χ1) is 11.7. The third kappa shape index (κ3) is 2.92. The van der Waals surface area contributed by atoms with Gasteiger partial charge in [-0.05, 0) is 11.5 Å². The third-order valence-corrected chi connectivity index (χ3v) is 4.58. The Hall–Kier alpha value is -2.63. The second kappa shape index (κ2) is 6.02. The Balaban J connectivity index is 2.24. The van der Waals surface area contributed by atoms with Crippen molar-refractivity contribution in [2.45, 2.75) is 32.6 Å². The molecule has 0 spiro atoms. The van der Waals surface area contributed by atoms with E-state index < -0.39 is 17.7 Å². The summed E-state index contributed by atoms with van der Waals surface area (Å²) in [5.41, 5.74) is 6.12. The normalized spacial score (nSPS) is 22.4. The van der Waals surface area contributed by atoms with Crippen molar-refractivity contribution >= 4 is 11.8 Å². The molecule has 0 fully saturated rings. The fraction of sp³-hybridized carbons (Fsp3) is 0.368. The Morgan fingerprint density at radius 1 is 1.32 bits per heavy atom. The van der Waals surface area contributed by atoms with Gasteiger partial charge in [-0.1, -0.05) is 32.0 Å². The average Bonchev–Trinajstić information content (AvgIpc) is 2.52. The average molecular weight is 345 g/mol. The molecule has 1 aromatic carbocycles. The number of benzene rings is 1. The largest absolute Gasteiger partial charge is 0.465 e. The first-order valence-corrected chi connectivity index (χ1v) is 8.01. The zero-order chi connectivity index (χ0) is 18.4. The molecule has 0 saturated carbocycles. The maximum atomic E-state index is 14.5. The summed E-state index contributed by atoms with van der Waals surface area (Å²) < 4.78 is 24.9. The summed E-state index contributed by atoms with van der Waals surface area (Å²) in [5, 5.41) is 0. The maximum absolute atomic E-state index is 14.5. The monoisotopic (exact) mass is 345 g/mol. The molecule has 2 N–H and O–H groups in total.